The zero-order valence-electron chi connectivity index (χ0n) is 19.0. The van der Waals surface area contributed by atoms with E-state index in [1.54, 1.807) is 4.90 Å². The second-order valence-corrected chi connectivity index (χ2v) is 8.14. The maximum absolute atomic E-state index is 12.8. The number of hydrogen-bond acceptors (Lipinski definition) is 5. The molecule has 2 heterocycles. The molecule has 3 rings (SSSR count). The lowest BCUT2D eigenvalue weighted by Gasteiger charge is -2.37. The third-order valence-corrected chi connectivity index (χ3v) is 6.01. The second kappa shape index (κ2) is 10.4. The number of carbonyl (C=O) groups excluding carboxylic acids is 2. The number of amides is 2. The summed E-state index contributed by atoms with van der Waals surface area (Å²) in [5.74, 6) is 0.873. The lowest BCUT2D eigenvalue weighted by atomic mass is 10.1. The third-order valence-electron chi connectivity index (χ3n) is 6.01. The summed E-state index contributed by atoms with van der Waals surface area (Å²) in [5.41, 5.74) is 3.11. The number of rotatable bonds is 7. The first-order chi connectivity index (χ1) is 14.9. The lowest BCUT2D eigenvalue weighted by molar-refractivity contribution is -0.142. The molecule has 2 amide bonds. The van der Waals surface area contributed by atoms with Crippen molar-refractivity contribution in [2.24, 2.45) is 0 Å². The van der Waals surface area contributed by atoms with E-state index < -0.39 is 0 Å². The summed E-state index contributed by atoms with van der Waals surface area (Å²) < 4.78 is 0. The SMILES string of the molecule is CCC(=O)N(CC(=O)N1CCN(c2ccc(-c3ccc(C)cc3)nn2)CC1)[C@H](C)CC. The number of piperazine rings is 1. The van der Waals surface area contributed by atoms with Crippen molar-refractivity contribution < 1.29 is 9.59 Å². The third kappa shape index (κ3) is 5.60. The van der Waals surface area contributed by atoms with Gasteiger partial charge in [-0.05, 0) is 32.4 Å². The molecule has 31 heavy (non-hydrogen) atoms. The molecule has 1 aliphatic rings. The number of carbonyl (C=O) groups is 2. The summed E-state index contributed by atoms with van der Waals surface area (Å²) in [6.45, 7) is 10.7. The zero-order chi connectivity index (χ0) is 22.4. The quantitative estimate of drug-likeness (QED) is 0.684. The average Bonchev–Trinajstić information content (AvgIpc) is 2.82. The molecule has 0 bridgehead atoms. The van der Waals surface area contributed by atoms with Gasteiger partial charge in [0.05, 0.1) is 12.2 Å². The van der Waals surface area contributed by atoms with Crippen molar-refractivity contribution in [2.75, 3.05) is 37.6 Å². The van der Waals surface area contributed by atoms with Crippen LogP contribution in [-0.4, -0.2) is 70.6 Å². The first-order valence-electron chi connectivity index (χ1n) is 11.2. The van der Waals surface area contributed by atoms with Crippen molar-refractivity contribution in [2.45, 2.75) is 46.6 Å². The number of aromatic nitrogens is 2. The summed E-state index contributed by atoms with van der Waals surface area (Å²) in [4.78, 5) is 30.8. The summed E-state index contributed by atoms with van der Waals surface area (Å²) in [6, 6.07) is 12.3. The molecule has 0 aliphatic carbocycles. The molecule has 0 radical (unpaired) electrons. The fourth-order valence-corrected chi connectivity index (χ4v) is 3.72. The van der Waals surface area contributed by atoms with Crippen LogP contribution in [0.2, 0.25) is 0 Å². The van der Waals surface area contributed by atoms with Gasteiger partial charge in [0.25, 0.3) is 0 Å². The highest BCUT2D eigenvalue weighted by molar-refractivity contribution is 5.85. The number of benzene rings is 1. The van der Waals surface area contributed by atoms with Gasteiger partial charge in [0.1, 0.15) is 0 Å². The Morgan fingerprint density at radius 1 is 1.00 bits per heavy atom. The van der Waals surface area contributed by atoms with E-state index >= 15 is 0 Å². The molecule has 0 spiro atoms. The van der Waals surface area contributed by atoms with Gasteiger partial charge in [-0.15, -0.1) is 10.2 Å². The molecule has 1 saturated heterocycles. The summed E-state index contributed by atoms with van der Waals surface area (Å²) >= 11 is 0. The maximum Gasteiger partial charge on any atom is 0.242 e. The van der Waals surface area contributed by atoms with E-state index in [0.717, 1.165) is 23.5 Å². The smallest absolute Gasteiger partial charge is 0.242 e. The maximum atomic E-state index is 12.8. The van der Waals surface area contributed by atoms with Gasteiger partial charge in [0, 0.05) is 44.2 Å². The molecule has 1 aromatic carbocycles. The van der Waals surface area contributed by atoms with E-state index in [1.807, 2.05) is 37.8 Å². The number of nitrogens with zero attached hydrogens (tertiary/aromatic N) is 5. The first-order valence-corrected chi connectivity index (χ1v) is 11.2. The first kappa shape index (κ1) is 22.7. The highest BCUT2D eigenvalue weighted by Crippen LogP contribution is 2.20. The van der Waals surface area contributed by atoms with Crippen LogP contribution in [-0.2, 0) is 9.59 Å². The monoisotopic (exact) mass is 423 g/mol. The Balaban J connectivity index is 1.57. The molecule has 2 aromatic rings. The molecule has 1 aliphatic heterocycles. The molecule has 0 N–H and O–H groups in total. The minimum atomic E-state index is 0.0163. The summed E-state index contributed by atoms with van der Waals surface area (Å²) in [7, 11) is 0. The molecular weight excluding hydrogens is 390 g/mol. The van der Waals surface area contributed by atoms with E-state index in [1.165, 1.54) is 5.56 Å². The van der Waals surface area contributed by atoms with Crippen LogP contribution in [0.1, 0.15) is 39.2 Å². The van der Waals surface area contributed by atoms with Gasteiger partial charge in [-0.2, -0.15) is 0 Å². The standard InChI is InChI=1S/C24H33N5O2/c1-5-19(4)29(23(30)6-2)17-24(31)28-15-13-27(14-16-28)22-12-11-21(25-26-22)20-9-7-18(3)8-10-20/h7-12,19H,5-6,13-17H2,1-4H3/t19-/m1/s1. The molecule has 1 atom stereocenters. The van der Waals surface area contributed by atoms with Gasteiger partial charge in [0.2, 0.25) is 11.8 Å². The van der Waals surface area contributed by atoms with Gasteiger partial charge in [-0.3, -0.25) is 9.59 Å². The Bertz CT molecular complexity index is 874. The highest BCUT2D eigenvalue weighted by atomic mass is 16.2. The van der Waals surface area contributed by atoms with Crippen LogP contribution in [0.5, 0.6) is 0 Å². The number of aryl methyl sites for hydroxylation is 1. The topological polar surface area (TPSA) is 69.6 Å². The van der Waals surface area contributed by atoms with Crippen LogP contribution >= 0.6 is 0 Å². The van der Waals surface area contributed by atoms with E-state index in [9.17, 15) is 9.59 Å². The van der Waals surface area contributed by atoms with Crippen LogP contribution < -0.4 is 4.90 Å². The van der Waals surface area contributed by atoms with Crippen LogP contribution in [0.4, 0.5) is 5.82 Å². The van der Waals surface area contributed by atoms with Crippen molar-refractivity contribution in [3.8, 4) is 11.3 Å². The lowest BCUT2D eigenvalue weighted by Crippen LogP contribution is -2.53. The second-order valence-electron chi connectivity index (χ2n) is 8.14. The van der Waals surface area contributed by atoms with Crippen LogP contribution in [0.15, 0.2) is 36.4 Å². The number of hydrogen-bond donors (Lipinski definition) is 0. The van der Waals surface area contributed by atoms with Gasteiger partial charge in [0.15, 0.2) is 5.82 Å². The predicted molar refractivity (Wildman–Crippen MR) is 123 cm³/mol. The Hall–Kier alpha value is -2.96. The van der Waals surface area contributed by atoms with Gasteiger partial charge >= 0.3 is 0 Å². The average molecular weight is 424 g/mol. The Labute approximate surface area is 185 Å². The van der Waals surface area contributed by atoms with E-state index in [2.05, 4.69) is 46.3 Å². The minimum absolute atomic E-state index is 0.0163. The van der Waals surface area contributed by atoms with Crippen molar-refractivity contribution >= 4 is 17.6 Å². The van der Waals surface area contributed by atoms with Crippen LogP contribution in [0.3, 0.4) is 0 Å². The van der Waals surface area contributed by atoms with Crippen molar-refractivity contribution in [3.05, 3.63) is 42.0 Å². The van der Waals surface area contributed by atoms with Crippen LogP contribution in [0.25, 0.3) is 11.3 Å². The largest absolute Gasteiger partial charge is 0.352 e. The zero-order valence-corrected chi connectivity index (χ0v) is 19.0. The molecule has 0 saturated carbocycles. The molecule has 1 aromatic heterocycles. The van der Waals surface area contributed by atoms with Crippen molar-refractivity contribution in [1.29, 1.82) is 0 Å². The van der Waals surface area contributed by atoms with E-state index in [-0.39, 0.29) is 24.4 Å². The van der Waals surface area contributed by atoms with Gasteiger partial charge < -0.3 is 14.7 Å². The van der Waals surface area contributed by atoms with Gasteiger partial charge in [-0.1, -0.05) is 43.7 Å². The summed E-state index contributed by atoms with van der Waals surface area (Å²) in [6.07, 6.45) is 1.26. The van der Waals surface area contributed by atoms with Crippen molar-refractivity contribution in [1.82, 2.24) is 20.0 Å². The molecule has 166 valence electrons. The van der Waals surface area contributed by atoms with Crippen molar-refractivity contribution in [3.63, 3.8) is 0 Å². The molecule has 7 nitrogen and oxygen atoms in total. The predicted octanol–water partition coefficient (Wildman–Crippen LogP) is 3.14. The van der Waals surface area contributed by atoms with Crippen LogP contribution in [0, 0.1) is 6.92 Å². The highest BCUT2D eigenvalue weighted by Gasteiger charge is 2.26. The molecule has 1 fully saturated rings. The van der Waals surface area contributed by atoms with E-state index in [4.69, 9.17) is 0 Å². The minimum Gasteiger partial charge on any atom is -0.352 e. The Kier molecular flexibility index (Phi) is 7.60. The normalized spacial score (nSPS) is 15.0. The fraction of sp³-hybridized carbons (Fsp3) is 0.500. The Morgan fingerprint density at radius 2 is 1.68 bits per heavy atom. The fourth-order valence-electron chi connectivity index (χ4n) is 3.72. The van der Waals surface area contributed by atoms with Gasteiger partial charge in [-0.25, -0.2) is 0 Å². The molecule has 0 unspecified atom stereocenters. The molecular formula is C24H33N5O2. The van der Waals surface area contributed by atoms with E-state index in [0.29, 0.717) is 32.6 Å². The summed E-state index contributed by atoms with van der Waals surface area (Å²) in [5, 5.41) is 8.80. The Morgan fingerprint density at radius 3 is 2.23 bits per heavy atom. The number of anilines is 1. The molecule has 7 heteroatoms.